The summed E-state index contributed by atoms with van der Waals surface area (Å²) in [6.07, 6.45) is 0. The number of hydrogen-bond donors (Lipinski definition) is 1. The van der Waals surface area contributed by atoms with E-state index in [0.29, 0.717) is 15.9 Å². The molecule has 1 heterocycles. The standard InChI is InChI=1S/C17H23N3O2S2/c1-9(2)12-8-13(11(5)7-14(12)22-6)15(21)18-16-19-20-17(24-16)23-10(3)4/h7-10H,1-6H3,(H,18,19,21). The minimum Gasteiger partial charge on any atom is -0.496 e. The van der Waals surface area contributed by atoms with Crippen LogP contribution in [0.2, 0.25) is 0 Å². The van der Waals surface area contributed by atoms with Crippen LogP contribution in [0.25, 0.3) is 0 Å². The number of thioether (sulfide) groups is 1. The highest BCUT2D eigenvalue weighted by Gasteiger charge is 2.17. The summed E-state index contributed by atoms with van der Waals surface area (Å²) >= 11 is 3.03. The summed E-state index contributed by atoms with van der Waals surface area (Å²) in [5, 5.41) is 11.9. The Kier molecular flexibility index (Phi) is 6.23. The summed E-state index contributed by atoms with van der Waals surface area (Å²) < 4.78 is 6.28. The smallest absolute Gasteiger partial charge is 0.257 e. The molecule has 0 bridgehead atoms. The molecule has 0 spiro atoms. The number of carbonyl (C=O) groups excluding carboxylic acids is 1. The van der Waals surface area contributed by atoms with Crippen molar-refractivity contribution in [3.8, 4) is 5.75 Å². The second kappa shape index (κ2) is 7.98. The monoisotopic (exact) mass is 365 g/mol. The molecule has 0 aliphatic carbocycles. The van der Waals surface area contributed by atoms with E-state index in [9.17, 15) is 4.79 Å². The number of nitrogens with one attached hydrogen (secondary N) is 1. The van der Waals surface area contributed by atoms with Crippen LogP contribution in [0.1, 0.15) is 55.1 Å². The molecule has 0 aliphatic rings. The second-order valence-electron chi connectivity index (χ2n) is 6.06. The predicted octanol–water partition coefficient (Wildman–Crippen LogP) is 4.73. The maximum absolute atomic E-state index is 12.6. The van der Waals surface area contributed by atoms with E-state index >= 15 is 0 Å². The number of hydrogen-bond acceptors (Lipinski definition) is 6. The Morgan fingerprint density at radius 3 is 2.54 bits per heavy atom. The van der Waals surface area contributed by atoms with E-state index in [1.165, 1.54) is 11.3 Å². The van der Waals surface area contributed by atoms with Gasteiger partial charge < -0.3 is 4.74 Å². The Morgan fingerprint density at radius 1 is 1.25 bits per heavy atom. The highest BCUT2D eigenvalue weighted by atomic mass is 32.2. The fourth-order valence-corrected chi connectivity index (χ4v) is 4.22. The van der Waals surface area contributed by atoms with Gasteiger partial charge in [0, 0.05) is 10.8 Å². The number of anilines is 1. The van der Waals surface area contributed by atoms with Crippen LogP contribution >= 0.6 is 23.1 Å². The molecule has 0 saturated carbocycles. The van der Waals surface area contributed by atoms with Crippen molar-refractivity contribution in [2.75, 3.05) is 12.4 Å². The minimum absolute atomic E-state index is 0.172. The molecule has 1 aromatic carbocycles. The maximum atomic E-state index is 12.6. The molecule has 2 rings (SSSR count). The summed E-state index contributed by atoms with van der Waals surface area (Å²) in [5.74, 6) is 0.905. The lowest BCUT2D eigenvalue weighted by Gasteiger charge is -2.15. The molecule has 1 aromatic heterocycles. The molecule has 0 unspecified atom stereocenters. The average molecular weight is 366 g/mol. The Bertz CT molecular complexity index is 727. The summed E-state index contributed by atoms with van der Waals surface area (Å²) in [7, 11) is 1.65. The van der Waals surface area contributed by atoms with Crippen molar-refractivity contribution in [3.63, 3.8) is 0 Å². The highest BCUT2D eigenvalue weighted by Crippen LogP contribution is 2.31. The van der Waals surface area contributed by atoms with Crippen LogP contribution in [0.3, 0.4) is 0 Å². The first kappa shape index (κ1) is 18.7. The third-order valence-electron chi connectivity index (χ3n) is 3.41. The molecular weight excluding hydrogens is 342 g/mol. The summed E-state index contributed by atoms with van der Waals surface area (Å²) in [5.41, 5.74) is 2.52. The Morgan fingerprint density at radius 2 is 1.96 bits per heavy atom. The van der Waals surface area contributed by atoms with E-state index in [-0.39, 0.29) is 11.8 Å². The number of aromatic nitrogens is 2. The van der Waals surface area contributed by atoms with E-state index in [1.54, 1.807) is 18.9 Å². The number of ether oxygens (including phenoxy) is 1. The molecule has 0 aliphatic heterocycles. The lowest BCUT2D eigenvalue weighted by atomic mass is 9.96. The van der Waals surface area contributed by atoms with Crippen LogP contribution in [0.15, 0.2) is 16.5 Å². The predicted molar refractivity (Wildman–Crippen MR) is 101 cm³/mol. The zero-order valence-corrected chi connectivity index (χ0v) is 16.5. The van der Waals surface area contributed by atoms with Crippen LogP contribution < -0.4 is 10.1 Å². The molecule has 1 amide bonds. The van der Waals surface area contributed by atoms with E-state index < -0.39 is 0 Å². The van der Waals surface area contributed by atoms with Gasteiger partial charge in [0.05, 0.1) is 7.11 Å². The van der Waals surface area contributed by atoms with Crippen LogP contribution in [0.4, 0.5) is 5.13 Å². The summed E-state index contributed by atoms with van der Waals surface area (Å²) in [6.45, 7) is 10.3. The quantitative estimate of drug-likeness (QED) is 0.592. The van der Waals surface area contributed by atoms with Crippen molar-refractivity contribution in [3.05, 3.63) is 28.8 Å². The molecule has 1 N–H and O–H groups in total. The molecule has 0 saturated heterocycles. The van der Waals surface area contributed by atoms with Gasteiger partial charge in [-0.25, -0.2) is 0 Å². The van der Waals surface area contributed by atoms with Gasteiger partial charge >= 0.3 is 0 Å². The SMILES string of the molecule is COc1cc(C)c(C(=O)Nc2nnc(SC(C)C)s2)cc1C(C)C. The van der Waals surface area contributed by atoms with Crippen molar-refractivity contribution in [2.24, 2.45) is 0 Å². The van der Waals surface area contributed by atoms with Gasteiger partial charge in [0.2, 0.25) is 5.13 Å². The normalized spacial score (nSPS) is 11.2. The number of amides is 1. The van der Waals surface area contributed by atoms with Gasteiger partial charge in [-0.15, -0.1) is 10.2 Å². The Balaban J connectivity index is 2.23. The van der Waals surface area contributed by atoms with Gasteiger partial charge in [-0.1, -0.05) is 50.8 Å². The van der Waals surface area contributed by atoms with Crippen molar-refractivity contribution in [1.29, 1.82) is 0 Å². The maximum Gasteiger partial charge on any atom is 0.257 e. The molecule has 0 atom stereocenters. The molecule has 5 nitrogen and oxygen atoms in total. The topological polar surface area (TPSA) is 64.1 Å². The first-order chi connectivity index (χ1) is 11.3. The number of rotatable bonds is 6. The van der Waals surface area contributed by atoms with Gasteiger partial charge in [0.1, 0.15) is 5.75 Å². The molecule has 7 heteroatoms. The lowest BCUT2D eigenvalue weighted by molar-refractivity contribution is 0.102. The number of benzene rings is 1. The van der Waals surface area contributed by atoms with Crippen LogP contribution in [-0.4, -0.2) is 28.5 Å². The zero-order chi connectivity index (χ0) is 17.9. The summed E-state index contributed by atoms with van der Waals surface area (Å²) in [4.78, 5) is 12.6. The van der Waals surface area contributed by atoms with Crippen molar-refractivity contribution in [2.45, 2.75) is 50.1 Å². The Hall–Kier alpha value is -1.60. The Labute approximate surface area is 151 Å². The molecular formula is C17H23N3O2S2. The van der Waals surface area contributed by atoms with Gasteiger partial charge in [0.15, 0.2) is 4.34 Å². The van der Waals surface area contributed by atoms with Gasteiger partial charge in [-0.05, 0) is 36.1 Å². The summed E-state index contributed by atoms with van der Waals surface area (Å²) in [6, 6.07) is 3.81. The first-order valence-electron chi connectivity index (χ1n) is 7.81. The zero-order valence-electron chi connectivity index (χ0n) is 14.8. The number of carbonyl (C=O) groups is 1. The van der Waals surface area contributed by atoms with Crippen LogP contribution in [0.5, 0.6) is 5.75 Å². The molecule has 0 fully saturated rings. The second-order valence-corrected chi connectivity index (χ2v) is 8.86. The molecule has 2 aromatic rings. The van der Waals surface area contributed by atoms with E-state index in [4.69, 9.17) is 4.74 Å². The number of nitrogens with zero attached hydrogens (tertiary/aromatic N) is 2. The van der Waals surface area contributed by atoms with Crippen molar-refractivity contribution < 1.29 is 9.53 Å². The van der Waals surface area contributed by atoms with Crippen molar-refractivity contribution in [1.82, 2.24) is 10.2 Å². The van der Waals surface area contributed by atoms with Gasteiger partial charge in [-0.3, -0.25) is 10.1 Å². The van der Waals surface area contributed by atoms with Gasteiger partial charge in [-0.2, -0.15) is 0 Å². The largest absolute Gasteiger partial charge is 0.496 e. The molecule has 0 radical (unpaired) electrons. The van der Waals surface area contributed by atoms with Gasteiger partial charge in [0.25, 0.3) is 5.91 Å². The fraction of sp³-hybridized carbons (Fsp3) is 0.471. The third kappa shape index (κ3) is 4.48. The van der Waals surface area contributed by atoms with E-state index in [0.717, 1.165) is 21.2 Å². The highest BCUT2D eigenvalue weighted by molar-refractivity contribution is 8.01. The minimum atomic E-state index is -0.172. The molecule has 24 heavy (non-hydrogen) atoms. The van der Waals surface area contributed by atoms with Crippen molar-refractivity contribution >= 4 is 34.1 Å². The average Bonchev–Trinajstić information content (AvgIpc) is 2.92. The van der Waals surface area contributed by atoms with E-state index in [1.807, 2.05) is 19.1 Å². The lowest BCUT2D eigenvalue weighted by Crippen LogP contribution is -2.14. The fourth-order valence-electron chi connectivity index (χ4n) is 2.24. The molecule has 130 valence electrons. The number of aryl methyl sites for hydroxylation is 1. The van der Waals surface area contributed by atoms with E-state index in [2.05, 4.69) is 43.2 Å². The first-order valence-corrected chi connectivity index (χ1v) is 9.51. The van der Waals surface area contributed by atoms with Crippen LogP contribution in [-0.2, 0) is 0 Å². The van der Waals surface area contributed by atoms with Crippen LogP contribution in [0, 0.1) is 6.92 Å². The number of methoxy groups -OCH3 is 1. The third-order valence-corrected chi connectivity index (χ3v) is 5.33.